The van der Waals surface area contributed by atoms with Crippen LogP contribution in [0.5, 0.6) is 0 Å². The van der Waals surface area contributed by atoms with E-state index in [0.29, 0.717) is 17.7 Å². The minimum atomic E-state index is -1.04. The number of hydrogen-bond acceptors (Lipinski definition) is 4. The fourth-order valence-electron chi connectivity index (χ4n) is 2.80. The molecule has 0 bridgehead atoms. The number of nitrogens with zero attached hydrogens (tertiary/aromatic N) is 3. The van der Waals surface area contributed by atoms with E-state index in [4.69, 9.17) is 0 Å². The van der Waals surface area contributed by atoms with Gasteiger partial charge in [0.25, 0.3) is 5.69 Å². The van der Waals surface area contributed by atoms with Gasteiger partial charge < -0.3 is 5.11 Å². The van der Waals surface area contributed by atoms with Crippen molar-refractivity contribution in [2.75, 3.05) is 0 Å². The first-order valence-corrected chi connectivity index (χ1v) is 6.58. The van der Waals surface area contributed by atoms with Gasteiger partial charge in [0.15, 0.2) is 5.69 Å². The van der Waals surface area contributed by atoms with E-state index in [0.717, 1.165) is 24.1 Å². The highest BCUT2D eigenvalue weighted by molar-refractivity contribution is 5.87. The molecular weight excluding hydrogens is 274 g/mol. The van der Waals surface area contributed by atoms with Crippen LogP contribution in [-0.4, -0.2) is 25.8 Å². The molecule has 0 radical (unpaired) electrons. The Morgan fingerprint density at radius 1 is 1.43 bits per heavy atom. The lowest BCUT2D eigenvalue weighted by atomic mass is 10.1. The van der Waals surface area contributed by atoms with Gasteiger partial charge >= 0.3 is 5.97 Å². The molecule has 1 heterocycles. The van der Waals surface area contributed by atoms with Crippen molar-refractivity contribution in [2.24, 2.45) is 0 Å². The van der Waals surface area contributed by atoms with E-state index in [2.05, 4.69) is 5.10 Å². The highest BCUT2D eigenvalue weighted by atomic mass is 16.6. The van der Waals surface area contributed by atoms with E-state index >= 15 is 0 Å². The van der Waals surface area contributed by atoms with Crippen LogP contribution in [0, 0.1) is 17.0 Å². The second kappa shape index (κ2) is 4.69. The summed E-state index contributed by atoms with van der Waals surface area (Å²) < 4.78 is 1.62. The number of carboxylic acid groups (broad SMARTS) is 1. The number of nitro benzene ring substituents is 1. The van der Waals surface area contributed by atoms with Gasteiger partial charge in [0, 0.05) is 23.4 Å². The molecule has 21 heavy (non-hydrogen) atoms. The second-order valence-corrected chi connectivity index (χ2v) is 5.07. The molecular formula is C14H13N3O4. The van der Waals surface area contributed by atoms with Gasteiger partial charge in [-0.2, -0.15) is 5.10 Å². The normalized spacial score (nSPS) is 13.2. The van der Waals surface area contributed by atoms with Gasteiger partial charge in [0.2, 0.25) is 0 Å². The number of non-ortho nitro benzene ring substituents is 1. The predicted molar refractivity (Wildman–Crippen MR) is 73.9 cm³/mol. The summed E-state index contributed by atoms with van der Waals surface area (Å²) in [6.07, 6.45) is 2.38. The number of carboxylic acids is 1. The third kappa shape index (κ3) is 2.06. The maximum atomic E-state index is 11.3. The average molecular weight is 287 g/mol. The lowest BCUT2D eigenvalue weighted by Gasteiger charge is -2.08. The van der Waals surface area contributed by atoms with Crippen molar-refractivity contribution in [3.8, 4) is 5.69 Å². The Bertz CT molecular complexity index is 764. The number of nitro groups is 1. The van der Waals surface area contributed by atoms with Crippen molar-refractivity contribution in [1.29, 1.82) is 0 Å². The van der Waals surface area contributed by atoms with E-state index in [-0.39, 0.29) is 11.4 Å². The van der Waals surface area contributed by atoms with Crippen molar-refractivity contribution in [1.82, 2.24) is 9.78 Å². The maximum absolute atomic E-state index is 11.3. The molecule has 2 aromatic rings. The number of hydrogen-bond donors (Lipinski definition) is 1. The van der Waals surface area contributed by atoms with Crippen LogP contribution in [0.1, 0.15) is 33.7 Å². The zero-order chi connectivity index (χ0) is 15.1. The Balaban J connectivity index is 2.16. The minimum absolute atomic E-state index is 0.0125. The van der Waals surface area contributed by atoms with E-state index < -0.39 is 10.9 Å². The third-order valence-corrected chi connectivity index (χ3v) is 3.75. The largest absolute Gasteiger partial charge is 0.476 e. The van der Waals surface area contributed by atoms with E-state index in [1.165, 1.54) is 12.1 Å². The average Bonchev–Trinajstić information content (AvgIpc) is 3.00. The van der Waals surface area contributed by atoms with Gasteiger partial charge in [0.05, 0.1) is 10.6 Å². The summed E-state index contributed by atoms with van der Waals surface area (Å²) >= 11 is 0. The highest BCUT2D eigenvalue weighted by Gasteiger charge is 2.27. The van der Waals surface area contributed by atoms with Crippen molar-refractivity contribution >= 4 is 11.7 Å². The molecule has 1 N–H and O–H groups in total. The topological polar surface area (TPSA) is 98.3 Å². The summed E-state index contributed by atoms with van der Waals surface area (Å²) in [5, 5.41) is 24.2. The molecule has 0 aliphatic heterocycles. The summed E-state index contributed by atoms with van der Waals surface area (Å²) in [6, 6.07) is 4.50. The fourth-order valence-corrected chi connectivity index (χ4v) is 2.80. The maximum Gasteiger partial charge on any atom is 0.356 e. The molecule has 0 unspecified atom stereocenters. The molecule has 0 saturated carbocycles. The van der Waals surface area contributed by atoms with Gasteiger partial charge in [-0.25, -0.2) is 9.48 Å². The van der Waals surface area contributed by atoms with E-state index in [1.54, 1.807) is 17.7 Å². The van der Waals surface area contributed by atoms with Gasteiger partial charge in [-0.1, -0.05) is 0 Å². The Kier molecular flexibility index (Phi) is 2.97. The monoisotopic (exact) mass is 287 g/mol. The van der Waals surface area contributed by atoms with Crippen LogP contribution in [0.2, 0.25) is 0 Å². The molecule has 0 atom stereocenters. The molecule has 7 heteroatoms. The van der Waals surface area contributed by atoms with Crippen LogP contribution in [0.15, 0.2) is 18.2 Å². The van der Waals surface area contributed by atoms with Crippen molar-refractivity contribution in [3.05, 3.63) is 50.8 Å². The number of aromatic nitrogens is 2. The Hall–Kier alpha value is -2.70. The highest BCUT2D eigenvalue weighted by Crippen LogP contribution is 2.29. The number of carbonyl (C=O) groups is 1. The van der Waals surface area contributed by atoms with Crippen LogP contribution in [0.4, 0.5) is 5.69 Å². The zero-order valence-electron chi connectivity index (χ0n) is 11.4. The lowest BCUT2D eigenvalue weighted by molar-refractivity contribution is -0.384. The number of benzene rings is 1. The number of aryl methyl sites for hydroxylation is 1. The van der Waals surface area contributed by atoms with Crippen molar-refractivity contribution in [2.45, 2.75) is 26.2 Å². The predicted octanol–water partition coefficient (Wildman–Crippen LogP) is 2.28. The second-order valence-electron chi connectivity index (χ2n) is 5.07. The van der Waals surface area contributed by atoms with Crippen LogP contribution in [-0.2, 0) is 12.8 Å². The van der Waals surface area contributed by atoms with E-state index in [9.17, 15) is 20.0 Å². The van der Waals surface area contributed by atoms with Gasteiger partial charge in [0.1, 0.15) is 0 Å². The number of rotatable bonds is 3. The molecule has 0 fully saturated rings. The van der Waals surface area contributed by atoms with E-state index in [1.807, 2.05) is 0 Å². The van der Waals surface area contributed by atoms with Crippen LogP contribution >= 0.6 is 0 Å². The van der Waals surface area contributed by atoms with Crippen molar-refractivity contribution in [3.63, 3.8) is 0 Å². The molecule has 1 aromatic heterocycles. The SMILES string of the molecule is Cc1cc([N+](=O)[O-])ccc1-n1nc(C(=O)O)c2c1CCC2. The Morgan fingerprint density at radius 2 is 2.19 bits per heavy atom. The molecule has 1 aliphatic carbocycles. The van der Waals surface area contributed by atoms with Gasteiger partial charge in [-0.3, -0.25) is 10.1 Å². The molecule has 0 saturated heterocycles. The minimum Gasteiger partial charge on any atom is -0.476 e. The molecule has 7 nitrogen and oxygen atoms in total. The Labute approximate surface area is 120 Å². The van der Waals surface area contributed by atoms with Crippen LogP contribution < -0.4 is 0 Å². The third-order valence-electron chi connectivity index (χ3n) is 3.75. The molecule has 0 spiro atoms. The first-order valence-electron chi connectivity index (χ1n) is 6.58. The Morgan fingerprint density at radius 3 is 2.81 bits per heavy atom. The standard InChI is InChI=1S/C14H13N3O4/c1-8-7-9(17(20)21)5-6-11(8)16-12-4-2-3-10(12)13(15-16)14(18)19/h5-7H,2-4H2,1H3,(H,18,19). The number of aromatic carboxylic acids is 1. The zero-order valence-corrected chi connectivity index (χ0v) is 11.4. The van der Waals surface area contributed by atoms with Crippen molar-refractivity contribution < 1.29 is 14.8 Å². The van der Waals surface area contributed by atoms with Crippen LogP contribution in [0.3, 0.4) is 0 Å². The summed E-state index contributed by atoms with van der Waals surface area (Å²) in [7, 11) is 0. The smallest absolute Gasteiger partial charge is 0.356 e. The summed E-state index contributed by atoms with van der Waals surface area (Å²) in [6.45, 7) is 1.76. The summed E-state index contributed by atoms with van der Waals surface area (Å²) in [4.78, 5) is 21.6. The van der Waals surface area contributed by atoms with Crippen LogP contribution in [0.25, 0.3) is 5.69 Å². The first kappa shape index (κ1) is 13.3. The van der Waals surface area contributed by atoms with Gasteiger partial charge in [-0.15, -0.1) is 0 Å². The molecule has 1 aromatic carbocycles. The molecule has 3 rings (SSSR count). The molecule has 108 valence electrons. The quantitative estimate of drug-likeness (QED) is 0.689. The number of fused-ring (bicyclic) bond motifs is 1. The lowest BCUT2D eigenvalue weighted by Crippen LogP contribution is -2.06. The summed E-state index contributed by atoms with van der Waals surface area (Å²) in [5.74, 6) is -1.04. The van der Waals surface area contributed by atoms with Gasteiger partial charge in [-0.05, 0) is 37.8 Å². The first-order chi connectivity index (χ1) is 9.99. The molecule has 1 aliphatic rings. The molecule has 0 amide bonds. The fraction of sp³-hybridized carbons (Fsp3) is 0.286. The summed E-state index contributed by atoms with van der Waals surface area (Å²) in [5.41, 5.74) is 3.15.